The van der Waals surface area contributed by atoms with Crippen molar-refractivity contribution < 1.29 is 4.74 Å². The van der Waals surface area contributed by atoms with Crippen LogP contribution in [0, 0.1) is 0 Å². The molecule has 1 N–H and O–H groups in total. The number of anilines is 2. The molecular formula is C13H19N5O. The first-order valence-electron chi connectivity index (χ1n) is 6.26. The number of hydrogen-bond acceptors (Lipinski definition) is 5. The second-order valence-corrected chi connectivity index (χ2v) is 5.14. The maximum atomic E-state index is 5.33. The highest BCUT2D eigenvalue weighted by molar-refractivity contribution is 5.54. The third-order valence-corrected chi connectivity index (χ3v) is 2.48. The molecule has 2 aromatic rings. The van der Waals surface area contributed by atoms with E-state index in [0.717, 1.165) is 5.69 Å². The molecule has 0 bridgehead atoms. The van der Waals surface area contributed by atoms with E-state index in [9.17, 15) is 0 Å². The van der Waals surface area contributed by atoms with E-state index in [1.165, 1.54) is 6.33 Å². The van der Waals surface area contributed by atoms with Crippen molar-refractivity contribution in [3.8, 4) is 5.88 Å². The summed E-state index contributed by atoms with van der Waals surface area (Å²) in [7, 11) is 0. The van der Waals surface area contributed by atoms with Crippen molar-refractivity contribution in [3.05, 3.63) is 24.8 Å². The van der Waals surface area contributed by atoms with Gasteiger partial charge in [-0.1, -0.05) is 0 Å². The zero-order chi connectivity index (χ0) is 13.9. The monoisotopic (exact) mass is 261 g/mol. The second-order valence-electron chi connectivity index (χ2n) is 5.14. The minimum Gasteiger partial charge on any atom is -0.478 e. The Morgan fingerprint density at radius 2 is 2.11 bits per heavy atom. The number of nitrogens with one attached hydrogen (secondary N) is 1. The molecule has 2 aromatic heterocycles. The summed E-state index contributed by atoms with van der Waals surface area (Å²) in [5.41, 5.74) is 0.846. The van der Waals surface area contributed by atoms with Crippen molar-refractivity contribution in [1.82, 2.24) is 19.7 Å². The zero-order valence-corrected chi connectivity index (χ0v) is 11.7. The molecule has 0 aromatic carbocycles. The topological polar surface area (TPSA) is 64.9 Å². The molecule has 0 aliphatic rings. The van der Waals surface area contributed by atoms with Crippen molar-refractivity contribution in [1.29, 1.82) is 0 Å². The average molecular weight is 261 g/mol. The molecule has 0 unspecified atom stereocenters. The van der Waals surface area contributed by atoms with Gasteiger partial charge in [0.05, 0.1) is 24.0 Å². The van der Waals surface area contributed by atoms with Crippen LogP contribution in [0.5, 0.6) is 5.88 Å². The van der Waals surface area contributed by atoms with Gasteiger partial charge < -0.3 is 10.1 Å². The fourth-order valence-corrected chi connectivity index (χ4v) is 1.54. The number of hydrogen-bond donors (Lipinski definition) is 1. The van der Waals surface area contributed by atoms with Gasteiger partial charge in [-0.15, -0.1) is 0 Å². The van der Waals surface area contributed by atoms with Gasteiger partial charge in [0.2, 0.25) is 5.88 Å². The van der Waals surface area contributed by atoms with Gasteiger partial charge in [0, 0.05) is 12.3 Å². The molecule has 2 heterocycles. The van der Waals surface area contributed by atoms with E-state index < -0.39 is 0 Å². The third kappa shape index (κ3) is 3.43. The van der Waals surface area contributed by atoms with Crippen molar-refractivity contribution in [3.63, 3.8) is 0 Å². The third-order valence-electron chi connectivity index (χ3n) is 2.48. The van der Waals surface area contributed by atoms with Crippen LogP contribution in [-0.2, 0) is 5.54 Å². The average Bonchev–Trinajstić information content (AvgIpc) is 2.78. The van der Waals surface area contributed by atoms with E-state index in [1.54, 1.807) is 12.3 Å². The Labute approximate surface area is 112 Å². The van der Waals surface area contributed by atoms with Gasteiger partial charge in [0.1, 0.15) is 12.1 Å². The van der Waals surface area contributed by atoms with E-state index in [2.05, 4.69) is 41.2 Å². The lowest BCUT2D eigenvalue weighted by molar-refractivity contribution is 0.326. The standard InChI is InChI=1S/C13H19N5O/c1-5-19-12-6-11(14-9-15-12)17-10-7-16-18(8-10)13(2,3)4/h6-9H,5H2,1-4H3,(H,14,15,17). The molecule has 6 heteroatoms. The molecule has 102 valence electrons. The van der Waals surface area contributed by atoms with Crippen LogP contribution in [0.1, 0.15) is 27.7 Å². The van der Waals surface area contributed by atoms with Gasteiger partial charge >= 0.3 is 0 Å². The van der Waals surface area contributed by atoms with E-state index in [-0.39, 0.29) is 5.54 Å². The van der Waals surface area contributed by atoms with Gasteiger partial charge in [0.15, 0.2) is 0 Å². The summed E-state index contributed by atoms with van der Waals surface area (Å²) in [6.45, 7) is 8.80. The Kier molecular flexibility index (Phi) is 3.69. The summed E-state index contributed by atoms with van der Waals surface area (Å²) in [4.78, 5) is 8.17. The highest BCUT2D eigenvalue weighted by Crippen LogP contribution is 2.19. The minimum atomic E-state index is -0.0396. The van der Waals surface area contributed by atoms with E-state index in [4.69, 9.17) is 4.74 Å². The van der Waals surface area contributed by atoms with E-state index in [1.807, 2.05) is 17.8 Å². The first-order chi connectivity index (χ1) is 8.99. The number of ether oxygens (including phenoxy) is 1. The maximum Gasteiger partial charge on any atom is 0.218 e. The number of aromatic nitrogens is 4. The largest absolute Gasteiger partial charge is 0.478 e. The molecule has 0 fully saturated rings. The van der Waals surface area contributed by atoms with Crippen LogP contribution in [0.3, 0.4) is 0 Å². The summed E-state index contributed by atoms with van der Waals surface area (Å²) < 4.78 is 7.23. The first-order valence-corrected chi connectivity index (χ1v) is 6.26. The molecular weight excluding hydrogens is 242 g/mol. The van der Waals surface area contributed by atoms with Gasteiger partial charge in [0.25, 0.3) is 0 Å². The molecule has 0 aliphatic carbocycles. The quantitative estimate of drug-likeness (QED) is 0.916. The summed E-state index contributed by atoms with van der Waals surface area (Å²) in [5, 5.41) is 7.50. The van der Waals surface area contributed by atoms with Crippen molar-refractivity contribution in [2.24, 2.45) is 0 Å². The molecule has 0 saturated heterocycles. The van der Waals surface area contributed by atoms with Crippen LogP contribution in [0.4, 0.5) is 11.5 Å². The maximum absolute atomic E-state index is 5.33. The number of nitrogens with zero attached hydrogens (tertiary/aromatic N) is 4. The molecule has 0 saturated carbocycles. The fourth-order valence-electron chi connectivity index (χ4n) is 1.54. The Balaban J connectivity index is 2.12. The SMILES string of the molecule is CCOc1cc(Nc2cnn(C(C)(C)C)c2)ncn1. The van der Waals surface area contributed by atoms with E-state index >= 15 is 0 Å². The van der Waals surface area contributed by atoms with Crippen LogP contribution >= 0.6 is 0 Å². The molecule has 0 atom stereocenters. The summed E-state index contributed by atoms with van der Waals surface area (Å²) in [6.07, 6.45) is 5.19. The number of rotatable bonds is 4. The molecule has 0 spiro atoms. The Morgan fingerprint density at radius 1 is 1.32 bits per heavy atom. The molecule has 2 rings (SSSR count). The Bertz CT molecular complexity index is 544. The minimum absolute atomic E-state index is 0.0396. The van der Waals surface area contributed by atoms with Crippen molar-refractivity contribution in [2.45, 2.75) is 33.2 Å². The highest BCUT2D eigenvalue weighted by atomic mass is 16.5. The fraction of sp³-hybridized carbons (Fsp3) is 0.462. The van der Waals surface area contributed by atoms with Gasteiger partial charge in [-0.3, -0.25) is 4.68 Å². The van der Waals surface area contributed by atoms with Gasteiger partial charge in [-0.05, 0) is 27.7 Å². The summed E-state index contributed by atoms with van der Waals surface area (Å²) in [5.74, 6) is 1.25. The first kappa shape index (κ1) is 13.3. The normalized spacial score (nSPS) is 11.4. The summed E-state index contributed by atoms with van der Waals surface area (Å²) >= 11 is 0. The lowest BCUT2D eigenvalue weighted by Gasteiger charge is -2.18. The van der Waals surface area contributed by atoms with Gasteiger partial charge in [-0.25, -0.2) is 9.97 Å². The molecule has 0 radical (unpaired) electrons. The van der Waals surface area contributed by atoms with E-state index in [0.29, 0.717) is 18.3 Å². The Hall–Kier alpha value is -2.11. The smallest absolute Gasteiger partial charge is 0.218 e. The van der Waals surface area contributed by atoms with Crippen molar-refractivity contribution in [2.75, 3.05) is 11.9 Å². The zero-order valence-electron chi connectivity index (χ0n) is 11.7. The summed E-state index contributed by atoms with van der Waals surface area (Å²) in [6, 6.07) is 1.76. The predicted octanol–water partition coefficient (Wildman–Crippen LogP) is 2.57. The van der Waals surface area contributed by atoms with Gasteiger partial charge in [-0.2, -0.15) is 5.10 Å². The van der Waals surface area contributed by atoms with Crippen LogP contribution in [0.25, 0.3) is 0 Å². The molecule has 19 heavy (non-hydrogen) atoms. The molecule has 6 nitrogen and oxygen atoms in total. The van der Waals surface area contributed by atoms with Crippen molar-refractivity contribution >= 4 is 11.5 Å². The van der Waals surface area contributed by atoms with Crippen LogP contribution in [0.2, 0.25) is 0 Å². The highest BCUT2D eigenvalue weighted by Gasteiger charge is 2.14. The molecule has 0 aliphatic heterocycles. The Morgan fingerprint density at radius 3 is 2.74 bits per heavy atom. The van der Waals surface area contributed by atoms with Crippen LogP contribution in [0.15, 0.2) is 24.8 Å². The predicted molar refractivity (Wildman–Crippen MR) is 73.7 cm³/mol. The second kappa shape index (κ2) is 5.26. The van der Waals surface area contributed by atoms with Crippen LogP contribution in [-0.4, -0.2) is 26.4 Å². The lowest BCUT2D eigenvalue weighted by Crippen LogP contribution is -2.21. The lowest BCUT2D eigenvalue weighted by atomic mass is 10.1. The van der Waals surface area contributed by atoms with Crippen LogP contribution < -0.4 is 10.1 Å². The molecule has 0 amide bonds.